The standard InChI is InChI=1S/C21H27NO3/c1-15(2)11-12-21(20(24)25-3)18-10-9-17(13-19(21)23)22(18)14-16-7-5-4-6-8-16/h4-8,11,17-18H,9-10,12-14H2,1-3H3/t17-,18-,21-/m1/s1. The van der Waals surface area contributed by atoms with Gasteiger partial charge in [0.25, 0.3) is 0 Å². The fourth-order valence-electron chi connectivity index (χ4n) is 4.43. The second-order valence-electron chi connectivity index (χ2n) is 7.48. The first-order chi connectivity index (χ1) is 12.0. The predicted molar refractivity (Wildman–Crippen MR) is 96.9 cm³/mol. The normalized spacial score (nSPS) is 28.7. The van der Waals surface area contributed by atoms with E-state index >= 15 is 0 Å². The van der Waals surface area contributed by atoms with Gasteiger partial charge < -0.3 is 4.74 Å². The van der Waals surface area contributed by atoms with Crippen molar-refractivity contribution < 1.29 is 14.3 Å². The van der Waals surface area contributed by atoms with Crippen LogP contribution in [0.2, 0.25) is 0 Å². The van der Waals surface area contributed by atoms with E-state index in [-0.39, 0.29) is 23.8 Å². The summed E-state index contributed by atoms with van der Waals surface area (Å²) in [5.74, 6) is -0.327. The second-order valence-corrected chi connectivity index (χ2v) is 7.48. The lowest BCUT2D eigenvalue weighted by Crippen LogP contribution is -2.60. The van der Waals surface area contributed by atoms with Gasteiger partial charge in [0.2, 0.25) is 0 Å². The molecule has 3 atom stereocenters. The summed E-state index contributed by atoms with van der Waals surface area (Å²) in [5, 5.41) is 0. The van der Waals surface area contributed by atoms with Gasteiger partial charge >= 0.3 is 5.97 Å². The SMILES string of the molecule is COC(=O)[C@@]1(CC=C(C)C)C(=O)C[C@H]2CC[C@H]1N2Cc1ccccc1. The monoisotopic (exact) mass is 341 g/mol. The molecule has 0 aliphatic carbocycles. The smallest absolute Gasteiger partial charge is 0.321 e. The number of esters is 1. The van der Waals surface area contributed by atoms with Gasteiger partial charge in [-0.05, 0) is 38.7 Å². The van der Waals surface area contributed by atoms with Crippen LogP contribution in [0.25, 0.3) is 0 Å². The number of ketones is 1. The van der Waals surface area contributed by atoms with Gasteiger partial charge in [0.15, 0.2) is 5.78 Å². The lowest BCUT2D eigenvalue weighted by molar-refractivity contribution is -0.166. The molecule has 4 heteroatoms. The van der Waals surface area contributed by atoms with E-state index in [0.717, 1.165) is 25.0 Å². The molecule has 134 valence electrons. The molecule has 0 spiro atoms. The van der Waals surface area contributed by atoms with E-state index in [1.54, 1.807) is 0 Å². The Balaban J connectivity index is 1.97. The van der Waals surface area contributed by atoms with Crippen molar-refractivity contribution in [2.24, 2.45) is 5.41 Å². The van der Waals surface area contributed by atoms with Crippen molar-refractivity contribution in [3.05, 3.63) is 47.5 Å². The van der Waals surface area contributed by atoms with Crippen LogP contribution in [0.5, 0.6) is 0 Å². The average Bonchev–Trinajstić information content (AvgIpc) is 2.91. The first-order valence-corrected chi connectivity index (χ1v) is 9.03. The van der Waals surface area contributed by atoms with E-state index < -0.39 is 5.41 Å². The van der Waals surface area contributed by atoms with E-state index in [2.05, 4.69) is 17.0 Å². The molecule has 0 aromatic heterocycles. The van der Waals surface area contributed by atoms with Gasteiger partial charge in [0.05, 0.1) is 7.11 Å². The van der Waals surface area contributed by atoms with Crippen LogP contribution in [-0.2, 0) is 20.9 Å². The highest BCUT2D eigenvalue weighted by Gasteiger charge is 2.60. The highest BCUT2D eigenvalue weighted by molar-refractivity contribution is 6.06. The molecule has 0 amide bonds. The molecular weight excluding hydrogens is 314 g/mol. The minimum absolute atomic E-state index is 0.0497. The Labute approximate surface area is 149 Å². The van der Waals surface area contributed by atoms with Crippen molar-refractivity contribution in [1.29, 1.82) is 0 Å². The maximum absolute atomic E-state index is 13.0. The number of allylic oxidation sites excluding steroid dienone is 2. The number of hydrogen-bond acceptors (Lipinski definition) is 4. The number of rotatable bonds is 5. The lowest BCUT2D eigenvalue weighted by atomic mass is 9.69. The summed E-state index contributed by atoms with van der Waals surface area (Å²) in [7, 11) is 1.39. The first kappa shape index (κ1) is 17.9. The van der Waals surface area contributed by atoms with Crippen molar-refractivity contribution in [3.63, 3.8) is 0 Å². The molecule has 2 aliphatic heterocycles. The van der Waals surface area contributed by atoms with Crippen LogP contribution in [-0.4, -0.2) is 35.8 Å². The van der Waals surface area contributed by atoms with Crippen LogP contribution < -0.4 is 0 Å². The van der Waals surface area contributed by atoms with E-state index in [0.29, 0.717) is 12.8 Å². The molecule has 2 heterocycles. The van der Waals surface area contributed by atoms with Crippen LogP contribution in [0.1, 0.15) is 45.1 Å². The molecule has 0 N–H and O–H groups in total. The van der Waals surface area contributed by atoms with Crippen LogP contribution in [0.3, 0.4) is 0 Å². The summed E-state index contributed by atoms with van der Waals surface area (Å²) >= 11 is 0. The highest BCUT2D eigenvalue weighted by atomic mass is 16.5. The molecule has 4 nitrogen and oxygen atoms in total. The summed E-state index contributed by atoms with van der Waals surface area (Å²) in [6.07, 6.45) is 4.72. The summed E-state index contributed by atoms with van der Waals surface area (Å²) in [6.45, 7) is 4.77. The third-order valence-corrected chi connectivity index (χ3v) is 5.72. The first-order valence-electron chi connectivity index (χ1n) is 9.03. The minimum atomic E-state index is -1.06. The number of hydrogen-bond donors (Lipinski definition) is 0. The van der Waals surface area contributed by atoms with Gasteiger partial charge in [-0.2, -0.15) is 0 Å². The largest absolute Gasteiger partial charge is 0.468 e. The second kappa shape index (κ2) is 7.12. The molecule has 2 bridgehead atoms. The molecule has 2 fully saturated rings. The predicted octanol–water partition coefficient (Wildman–Crippen LogP) is 3.51. The number of carbonyl (C=O) groups is 2. The number of ether oxygens (including phenoxy) is 1. The van der Waals surface area contributed by atoms with Crippen molar-refractivity contribution >= 4 is 11.8 Å². The molecule has 0 saturated carbocycles. The number of fused-ring (bicyclic) bond motifs is 2. The van der Waals surface area contributed by atoms with Crippen LogP contribution in [0.15, 0.2) is 42.0 Å². The summed E-state index contributed by atoms with van der Waals surface area (Å²) in [5.41, 5.74) is 1.27. The molecule has 3 rings (SSSR count). The van der Waals surface area contributed by atoms with Crippen molar-refractivity contribution in [2.45, 2.75) is 58.2 Å². The molecule has 2 aliphatic rings. The van der Waals surface area contributed by atoms with E-state index in [1.807, 2.05) is 38.1 Å². The summed E-state index contributed by atoms with van der Waals surface area (Å²) < 4.78 is 5.13. The summed E-state index contributed by atoms with van der Waals surface area (Å²) in [6, 6.07) is 10.4. The van der Waals surface area contributed by atoms with Crippen LogP contribution in [0, 0.1) is 5.41 Å². The lowest BCUT2D eigenvalue weighted by Gasteiger charge is -2.45. The molecule has 2 saturated heterocycles. The van der Waals surface area contributed by atoms with Crippen LogP contribution in [0.4, 0.5) is 0 Å². The Morgan fingerprint density at radius 3 is 2.64 bits per heavy atom. The third-order valence-electron chi connectivity index (χ3n) is 5.72. The third kappa shape index (κ3) is 3.15. The zero-order valence-corrected chi connectivity index (χ0v) is 15.3. The van der Waals surface area contributed by atoms with Gasteiger partial charge in [0, 0.05) is 25.0 Å². The number of benzene rings is 1. The van der Waals surface area contributed by atoms with Gasteiger partial charge in [-0.1, -0.05) is 42.0 Å². The average molecular weight is 341 g/mol. The van der Waals surface area contributed by atoms with Gasteiger partial charge in [-0.25, -0.2) is 0 Å². The van der Waals surface area contributed by atoms with E-state index in [9.17, 15) is 9.59 Å². The molecule has 1 aromatic rings. The Morgan fingerprint density at radius 2 is 2.00 bits per heavy atom. The fourth-order valence-corrected chi connectivity index (χ4v) is 4.43. The molecule has 0 unspecified atom stereocenters. The quantitative estimate of drug-likeness (QED) is 0.467. The fraction of sp³-hybridized carbons (Fsp3) is 0.524. The molecular formula is C21H27NO3. The highest BCUT2D eigenvalue weighted by Crippen LogP contribution is 2.48. The Bertz CT molecular complexity index is 678. The number of carbonyl (C=O) groups excluding carboxylic acids is 2. The number of methoxy groups -OCH3 is 1. The summed E-state index contributed by atoms with van der Waals surface area (Å²) in [4.78, 5) is 28.2. The zero-order valence-electron chi connectivity index (χ0n) is 15.3. The maximum atomic E-state index is 13.0. The van der Waals surface area contributed by atoms with Crippen molar-refractivity contribution in [2.75, 3.05) is 7.11 Å². The zero-order chi connectivity index (χ0) is 18.0. The number of Topliss-reactive ketones (excluding diaryl/α,β-unsaturated/α-hetero) is 1. The van der Waals surface area contributed by atoms with Crippen molar-refractivity contribution in [3.8, 4) is 0 Å². The van der Waals surface area contributed by atoms with Gasteiger partial charge in [-0.15, -0.1) is 0 Å². The topological polar surface area (TPSA) is 46.6 Å². The van der Waals surface area contributed by atoms with Gasteiger partial charge in [0.1, 0.15) is 5.41 Å². The Kier molecular flexibility index (Phi) is 5.09. The maximum Gasteiger partial charge on any atom is 0.321 e. The van der Waals surface area contributed by atoms with Crippen molar-refractivity contribution in [1.82, 2.24) is 4.90 Å². The van der Waals surface area contributed by atoms with E-state index in [4.69, 9.17) is 4.74 Å². The molecule has 0 radical (unpaired) electrons. The van der Waals surface area contributed by atoms with Crippen LogP contribution >= 0.6 is 0 Å². The Morgan fingerprint density at radius 1 is 1.28 bits per heavy atom. The number of piperidine rings is 1. The van der Waals surface area contributed by atoms with Gasteiger partial charge in [-0.3, -0.25) is 14.5 Å². The minimum Gasteiger partial charge on any atom is -0.468 e. The molecule has 1 aromatic carbocycles. The molecule has 25 heavy (non-hydrogen) atoms. The number of nitrogens with zero attached hydrogens (tertiary/aromatic N) is 1. The Hall–Kier alpha value is -1.94. The van der Waals surface area contributed by atoms with E-state index in [1.165, 1.54) is 12.7 Å².